The van der Waals surface area contributed by atoms with E-state index >= 15 is 0 Å². The van der Waals surface area contributed by atoms with Crippen LogP contribution in [0.2, 0.25) is 0 Å². The Hall–Kier alpha value is -1.88. The SMILES string of the molecule is C/C(=N\NC(=O)c1ccc(Br)cc1)c1cc(C)oc1C. The first-order chi connectivity index (χ1) is 9.47. The van der Waals surface area contributed by atoms with Crippen LogP contribution in [0.25, 0.3) is 0 Å². The first-order valence-electron chi connectivity index (χ1n) is 6.15. The van der Waals surface area contributed by atoms with Gasteiger partial charge in [-0.15, -0.1) is 0 Å². The second kappa shape index (κ2) is 6.05. The van der Waals surface area contributed by atoms with E-state index in [2.05, 4.69) is 26.5 Å². The molecule has 5 heteroatoms. The highest BCUT2D eigenvalue weighted by Gasteiger charge is 2.09. The van der Waals surface area contributed by atoms with Crippen LogP contribution < -0.4 is 5.43 Å². The summed E-state index contributed by atoms with van der Waals surface area (Å²) in [5.41, 5.74) is 4.72. The zero-order valence-corrected chi connectivity index (χ0v) is 13.1. The minimum absolute atomic E-state index is 0.241. The molecule has 0 bridgehead atoms. The molecule has 4 nitrogen and oxygen atoms in total. The van der Waals surface area contributed by atoms with Crippen molar-refractivity contribution in [3.8, 4) is 0 Å². The molecule has 0 aliphatic rings. The Morgan fingerprint density at radius 1 is 1.25 bits per heavy atom. The Bertz CT molecular complexity index is 657. The van der Waals surface area contributed by atoms with Crippen LogP contribution in [0.1, 0.15) is 34.4 Å². The van der Waals surface area contributed by atoms with Crippen molar-refractivity contribution in [3.63, 3.8) is 0 Å². The number of amides is 1. The number of hydrazone groups is 1. The molecule has 1 heterocycles. The van der Waals surface area contributed by atoms with Gasteiger partial charge in [-0.05, 0) is 51.1 Å². The van der Waals surface area contributed by atoms with Gasteiger partial charge in [0.2, 0.25) is 0 Å². The second-order valence-electron chi connectivity index (χ2n) is 4.47. The fourth-order valence-corrected chi connectivity index (χ4v) is 2.12. The topological polar surface area (TPSA) is 54.6 Å². The number of carbonyl (C=O) groups excluding carboxylic acids is 1. The fourth-order valence-electron chi connectivity index (χ4n) is 1.85. The summed E-state index contributed by atoms with van der Waals surface area (Å²) in [6, 6.07) is 9.00. The van der Waals surface area contributed by atoms with Crippen molar-refractivity contribution < 1.29 is 9.21 Å². The van der Waals surface area contributed by atoms with Gasteiger partial charge in [0.15, 0.2) is 0 Å². The van der Waals surface area contributed by atoms with Crippen LogP contribution in [-0.4, -0.2) is 11.6 Å². The van der Waals surface area contributed by atoms with E-state index in [4.69, 9.17) is 4.42 Å². The predicted molar refractivity (Wildman–Crippen MR) is 82.0 cm³/mol. The molecule has 0 fully saturated rings. The minimum atomic E-state index is -0.241. The third kappa shape index (κ3) is 3.36. The number of hydrogen-bond acceptors (Lipinski definition) is 3. The van der Waals surface area contributed by atoms with Gasteiger partial charge in [0.1, 0.15) is 11.5 Å². The number of nitrogens with zero attached hydrogens (tertiary/aromatic N) is 1. The largest absolute Gasteiger partial charge is 0.466 e. The smallest absolute Gasteiger partial charge is 0.271 e. The molecule has 1 aromatic carbocycles. The average Bonchev–Trinajstić information content (AvgIpc) is 2.75. The molecule has 0 unspecified atom stereocenters. The van der Waals surface area contributed by atoms with Crippen LogP contribution in [0, 0.1) is 13.8 Å². The van der Waals surface area contributed by atoms with Crippen LogP contribution in [0.4, 0.5) is 0 Å². The van der Waals surface area contributed by atoms with Crippen LogP contribution in [-0.2, 0) is 0 Å². The highest BCUT2D eigenvalue weighted by Crippen LogP contribution is 2.14. The summed E-state index contributed by atoms with van der Waals surface area (Å²) in [6.45, 7) is 5.58. The molecule has 0 atom stereocenters. The van der Waals surface area contributed by atoms with Gasteiger partial charge in [0.05, 0.1) is 5.71 Å². The standard InChI is InChI=1S/C15H15BrN2O2/c1-9-8-14(11(3)20-9)10(2)17-18-15(19)12-4-6-13(16)7-5-12/h4-8H,1-3H3,(H,18,19)/b17-10+. The molecular weight excluding hydrogens is 320 g/mol. The maximum absolute atomic E-state index is 11.9. The number of furan rings is 1. The van der Waals surface area contributed by atoms with Crippen molar-refractivity contribution >= 4 is 27.5 Å². The highest BCUT2D eigenvalue weighted by atomic mass is 79.9. The lowest BCUT2D eigenvalue weighted by Gasteiger charge is -2.02. The summed E-state index contributed by atoms with van der Waals surface area (Å²) < 4.78 is 6.37. The first-order valence-corrected chi connectivity index (χ1v) is 6.94. The van der Waals surface area contributed by atoms with E-state index in [0.29, 0.717) is 11.3 Å². The Morgan fingerprint density at radius 3 is 2.45 bits per heavy atom. The lowest BCUT2D eigenvalue weighted by Crippen LogP contribution is -2.19. The number of aryl methyl sites for hydroxylation is 2. The van der Waals surface area contributed by atoms with Gasteiger partial charge in [0.25, 0.3) is 5.91 Å². The Morgan fingerprint density at radius 2 is 1.90 bits per heavy atom. The van der Waals surface area contributed by atoms with E-state index in [1.807, 2.05) is 39.0 Å². The number of halogens is 1. The number of rotatable bonds is 3. The molecule has 0 spiro atoms. The maximum Gasteiger partial charge on any atom is 0.271 e. The quantitative estimate of drug-likeness (QED) is 0.685. The molecule has 0 saturated carbocycles. The van der Waals surface area contributed by atoms with Crippen molar-refractivity contribution in [3.05, 3.63) is 57.5 Å². The molecule has 1 aromatic heterocycles. The molecule has 2 rings (SSSR count). The van der Waals surface area contributed by atoms with Gasteiger partial charge in [-0.1, -0.05) is 15.9 Å². The summed E-state index contributed by atoms with van der Waals surface area (Å²) in [4.78, 5) is 11.9. The van der Waals surface area contributed by atoms with Gasteiger partial charge in [-0.3, -0.25) is 4.79 Å². The number of nitrogens with one attached hydrogen (secondary N) is 1. The average molecular weight is 335 g/mol. The molecule has 0 aliphatic carbocycles. The summed E-state index contributed by atoms with van der Waals surface area (Å²) in [5.74, 6) is 1.38. The van der Waals surface area contributed by atoms with E-state index in [9.17, 15) is 4.79 Å². The van der Waals surface area contributed by atoms with Crippen molar-refractivity contribution in [1.82, 2.24) is 5.43 Å². The molecule has 20 heavy (non-hydrogen) atoms. The van der Waals surface area contributed by atoms with E-state index < -0.39 is 0 Å². The summed E-state index contributed by atoms with van der Waals surface area (Å²) in [7, 11) is 0. The van der Waals surface area contributed by atoms with Gasteiger partial charge < -0.3 is 4.42 Å². The van der Waals surface area contributed by atoms with Crippen LogP contribution in [0.5, 0.6) is 0 Å². The fraction of sp³-hybridized carbons (Fsp3) is 0.200. The molecular formula is C15H15BrN2O2. The van der Waals surface area contributed by atoms with Crippen LogP contribution in [0.15, 0.2) is 44.3 Å². The summed E-state index contributed by atoms with van der Waals surface area (Å²) >= 11 is 3.33. The van der Waals surface area contributed by atoms with Crippen molar-refractivity contribution in [2.75, 3.05) is 0 Å². The van der Waals surface area contributed by atoms with Crippen molar-refractivity contribution in [1.29, 1.82) is 0 Å². The zero-order valence-electron chi connectivity index (χ0n) is 11.5. The monoisotopic (exact) mass is 334 g/mol. The number of benzene rings is 1. The Kier molecular flexibility index (Phi) is 4.39. The normalized spacial score (nSPS) is 11.5. The Labute approximate surface area is 126 Å². The molecule has 1 amide bonds. The maximum atomic E-state index is 11.9. The lowest BCUT2D eigenvalue weighted by molar-refractivity contribution is 0.0955. The third-order valence-electron chi connectivity index (χ3n) is 2.86. The van der Waals surface area contributed by atoms with Gasteiger partial charge in [0, 0.05) is 15.6 Å². The predicted octanol–water partition coefficient (Wildman–Crippen LogP) is 3.81. The molecule has 1 N–H and O–H groups in total. The Balaban J connectivity index is 2.10. The van der Waals surface area contributed by atoms with Gasteiger partial charge >= 0.3 is 0 Å². The van der Waals surface area contributed by atoms with Gasteiger partial charge in [-0.2, -0.15) is 5.10 Å². The molecule has 104 valence electrons. The summed E-state index contributed by atoms with van der Waals surface area (Å²) in [6.07, 6.45) is 0. The van der Waals surface area contributed by atoms with E-state index in [1.54, 1.807) is 12.1 Å². The van der Waals surface area contributed by atoms with Crippen molar-refractivity contribution in [2.24, 2.45) is 5.10 Å². The minimum Gasteiger partial charge on any atom is -0.466 e. The van der Waals surface area contributed by atoms with Crippen molar-refractivity contribution in [2.45, 2.75) is 20.8 Å². The first kappa shape index (κ1) is 14.5. The zero-order chi connectivity index (χ0) is 14.7. The van der Waals surface area contributed by atoms with Crippen LogP contribution >= 0.6 is 15.9 Å². The van der Waals surface area contributed by atoms with E-state index in [0.717, 1.165) is 21.6 Å². The molecule has 0 radical (unpaired) electrons. The lowest BCUT2D eigenvalue weighted by atomic mass is 10.2. The highest BCUT2D eigenvalue weighted by molar-refractivity contribution is 9.10. The van der Waals surface area contributed by atoms with E-state index in [-0.39, 0.29) is 5.91 Å². The molecule has 0 aliphatic heterocycles. The summed E-state index contributed by atoms with van der Waals surface area (Å²) in [5, 5.41) is 4.11. The number of hydrogen-bond donors (Lipinski definition) is 1. The number of carbonyl (C=O) groups is 1. The van der Waals surface area contributed by atoms with E-state index in [1.165, 1.54) is 0 Å². The molecule has 0 saturated heterocycles. The second-order valence-corrected chi connectivity index (χ2v) is 5.39. The third-order valence-corrected chi connectivity index (χ3v) is 3.39. The molecule has 2 aromatic rings. The van der Waals surface area contributed by atoms with Crippen LogP contribution in [0.3, 0.4) is 0 Å². The van der Waals surface area contributed by atoms with Gasteiger partial charge in [-0.25, -0.2) is 5.43 Å².